The molecule has 0 aromatic heterocycles. The smallest absolute Gasteiger partial charge is 0.227 e. The van der Waals surface area contributed by atoms with Crippen molar-refractivity contribution in [3.05, 3.63) is 29.3 Å². The SMILES string of the molecule is Cc1cccc(NC(=O)[C@@H]2C[C@H]3CC[C@@H]2C3)c1C. The van der Waals surface area contributed by atoms with Crippen molar-refractivity contribution in [3.8, 4) is 0 Å². The first kappa shape index (κ1) is 11.8. The highest BCUT2D eigenvalue weighted by Crippen LogP contribution is 2.48. The number of benzene rings is 1. The predicted octanol–water partition coefficient (Wildman–Crippen LogP) is 3.68. The number of carbonyl (C=O) groups excluding carboxylic acids is 1. The van der Waals surface area contributed by atoms with E-state index in [9.17, 15) is 4.79 Å². The summed E-state index contributed by atoms with van der Waals surface area (Å²) in [7, 11) is 0. The molecule has 3 atom stereocenters. The van der Waals surface area contributed by atoms with Gasteiger partial charge in [0, 0.05) is 11.6 Å². The summed E-state index contributed by atoms with van der Waals surface area (Å²) in [5.74, 6) is 1.99. The Balaban J connectivity index is 1.73. The van der Waals surface area contributed by atoms with Gasteiger partial charge < -0.3 is 5.32 Å². The highest BCUT2D eigenvalue weighted by atomic mass is 16.1. The quantitative estimate of drug-likeness (QED) is 0.843. The molecule has 0 aliphatic heterocycles. The topological polar surface area (TPSA) is 29.1 Å². The number of carbonyl (C=O) groups is 1. The third kappa shape index (κ3) is 1.94. The molecular weight excluding hydrogens is 222 g/mol. The third-order valence-corrected chi connectivity index (χ3v) is 4.94. The molecule has 18 heavy (non-hydrogen) atoms. The second-order valence-electron chi connectivity index (χ2n) is 6.02. The van der Waals surface area contributed by atoms with Crippen LogP contribution in [0.1, 0.15) is 36.8 Å². The van der Waals surface area contributed by atoms with Gasteiger partial charge in [0.25, 0.3) is 0 Å². The van der Waals surface area contributed by atoms with Crippen molar-refractivity contribution in [1.82, 2.24) is 0 Å². The summed E-state index contributed by atoms with van der Waals surface area (Å²) in [6, 6.07) is 6.11. The molecule has 0 unspecified atom stereocenters. The molecule has 0 spiro atoms. The predicted molar refractivity (Wildman–Crippen MR) is 73.5 cm³/mol. The first-order valence-corrected chi connectivity index (χ1v) is 7.02. The van der Waals surface area contributed by atoms with E-state index in [2.05, 4.69) is 25.2 Å². The van der Waals surface area contributed by atoms with Crippen LogP contribution in [0.3, 0.4) is 0 Å². The van der Waals surface area contributed by atoms with Gasteiger partial charge in [0.05, 0.1) is 0 Å². The van der Waals surface area contributed by atoms with Crippen LogP contribution in [-0.2, 0) is 4.79 Å². The number of hydrogen-bond acceptors (Lipinski definition) is 1. The van der Waals surface area contributed by atoms with Crippen molar-refractivity contribution in [1.29, 1.82) is 0 Å². The Morgan fingerprint density at radius 1 is 1.22 bits per heavy atom. The molecule has 2 fully saturated rings. The Morgan fingerprint density at radius 3 is 2.72 bits per heavy atom. The van der Waals surface area contributed by atoms with Crippen molar-refractivity contribution < 1.29 is 4.79 Å². The Labute approximate surface area is 109 Å². The van der Waals surface area contributed by atoms with E-state index in [1.165, 1.54) is 30.4 Å². The summed E-state index contributed by atoms with van der Waals surface area (Å²) in [4.78, 5) is 12.4. The molecule has 1 amide bonds. The molecule has 3 rings (SSSR count). The molecule has 96 valence electrons. The first-order valence-electron chi connectivity index (χ1n) is 7.02. The van der Waals surface area contributed by atoms with Gasteiger partial charge in [-0.2, -0.15) is 0 Å². The summed E-state index contributed by atoms with van der Waals surface area (Å²) in [6.07, 6.45) is 5.00. The molecule has 2 bridgehead atoms. The van der Waals surface area contributed by atoms with Gasteiger partial charge in [-0.25, -0.2) is 0 Å². The molecule has 2 heteroatoms. The number of fused-ring (bicyclic) bond motifs is 2. The van der Waals surface area contributed by atoms with E-state index in [0.29, 0.717) is 5.92 Å². The molecule has 1 N–H and O–H groups in total. The van der Waals surface area contributed by atoms with Crippen LogP contribution in [0.4, 0.5) is 5.69 Å². The van der Waals surface area contributed by atoms with E-state index in [1.807, 2.05) is 12.1 Å². The molecule has 2 aliphatic carbocycles. The molecule has 1 aromatic rings. The first-order chi connectivity index (χ1) is 8.65. The lowest BCUT2D eigenvalue weighted by Gasteiger charge is -2.21. The minimum absolute atomic E-state index is 0.246. The van der Waals surface area contributed by atoms with Gasteiger partial charge in [-0.05, 0) is 62.1 Å². The zero-order valence-electron chi connectivity index (χ0n) is 11.2. The molecule has 0 saturated heterocycles. The third-order valence-electron chi connectivity index (χ3n) is 4.94. The maximum absolute atomic E-state index is 12.4. The van der Waals surface area contributed by atoms with E-state index in [-0.39, 0.29) is 11.8 Å². The number of aryl methyl sites for hydroxylation is 1. The van der Waals surface area contributed by atoms with Crippen LogP contribution in [0.5, 0.6) is 0 Å². The summed E-state index contributed by atoms with van der Waals surface area (Å²) in [5, 5.41) is 3.14. The maximum Gasteiger partial charge on any atom is 0.227 e. The lowest BCUT2D eigenvalue weighted by atomic mass is 9.88. The summed E-state index contributed by atoms with van der Waals surface area (Å²) >= 11 is 0. The maximum atomic E-state index is 12.4. The highest BCUT2D eigenvalue weighted by Gasteiger charge is 2.43. The summed E-state index contributed by atoms with van der Waals surface area (Å²) in [5.41, 5.74) is 3.41. The fourth-order valence-corrected chi connectivity index (χ4v) is 3.68. The Bertz CT molecular complexity index is 480. The molecule has 1 aromatic carbocycles. The second-order valence-corrected chi connectivity index (χ2v) is 6.02. The lowest BCUT2D eigenvalue weighted by Crippen LogP contribution is -2.27. The molecule has 2 aliphatic rings. The number of hydrogen-bond donors (Lipinski definition) is 1. The minimum atomic E-state index is 0.246. The van der Waals surface area contributed by atoms with Crippen LogP contribution in [-0.4, -0.2) is 5.91 Å². The van der Waals surface area contributed by atoms with Gasteiger partial charge in [-0.15, -0.1) is 0 Å². The standard InChI is InChI=1S/C16H21NO/c1-10-4-3-5-15(11(10)2)17-16(18)14-9-12-6-7-13(14)8-12/h3-5,12-14H,6-9H2,1-2H3,(H,17,18)/t12-,13+,14+/m0/s1. The van der Waals surface area contributed by atoms with Crippen molar-refractivity contribution >= 4 is 11.6 Å². The Hall–Kier alpha value is -1.31. The van der Waals surface area contributed by atoms with Crippen molar-refractivity contribution in [2.45, 2.75) is 39.5 Å². The van der Waals surface area contributed by atoms with E-state index >= 15 is 0 Å². The molecule has 0 heterocycles. The number of rotatable bonds is 2. The number of anilines is 1. The second kappa shape index (κ2) is 4.42. The average Bonchev–Trinajstić information content (AvgIpc) is 2.97. The minimum Gasteiger partial charge on any atom is -0.326 e. The average molecular weight is 243 g/mol. The van der Waals surface area contributed by atoms with Crippen molar-refractivity contribution in [3.63, 3.8) is 0 Å². The van der Waals surface area contributed by atoms with Crippen molar-refractivity contribution in [2.24, 2.45) is 17.8 Å². The number of amides is 1. The molecule has 0 radical (unpaired) electrons. The summed E-state index contributed by atoms with van der Waals surface area (Å²) < 4.78 is 0. The Kier molecular flexibility index (Phi) is 2.89. The highest BCUT2D eigenvalue weighted by molar-refractivity contribution is 5.93. The molecule has 2 nitrogen and oxygen atoms in total. The van der Waals surface area contributed by atoms with E-state index in [4.69, 9.17) is 0 Å². The van der Waals surface area contributed by atoms with Gasteiger partial charge >= 0.3 is 0 Å². The van der Waals surface area contributed by atoms with Gasteiger partial charge in [0.15, 0.2) is 0 Å². The monoisotopic (exact) mass is 243 g/mol. The zero-order chi connectivity index (χ0) is 12.7. The molecule has 2 saturated carbocycles. The van der Waals surface area contributed by atoms with Gasteiger partial charge in [-0.1, -0.05) is 18.6 Å². The van der Waals surface area contributed by atoms with Gasteiger partial charge in [0.1, 0.15) is 0 Å². The van der Waals surface area contributed by atoms with Gasteiger partial charge in [0.2, 0.25) is 5.91 Å². The Morgan fingerprint density at radius 2 is 2.06 bits per heavy atom. The largest absolute Gasteiger partial charge is 0.326 e. The zero-order valence-corrected chi connectivity index (χ0v) is 11.2. The normalized spacial score (nSPS) is 29.6. The lowest BCUT2D eigenvalue weighted by molar-refractivity contribution is -0.121. The van der Waals surface area contributed by atoms with Crippen LogP contribution >= 0.6 is 0 Å². The van der Waals surface area contributed by atoms with Crippen LogP contribution in [0.25, 0.3) is 0 Å². The van der Waals surface area contributed by atoms with E-state index in [0.717, 1.165) is 18.0 Å². The fourth-order valence-electron chi connectivity index (χ4n) is 3.68. The number of nitrogens with one attached hydrogen (secondary N) is 1. The summed E-state index contributed by atoms with van der Waals surface area (Å²) in [6.45, 7) is 4.16. The van der Waals surface area contributed by atoms with Crippen molar-refractivity contribution in [2.75, 3.05) is 5.32 Å². The van der Waals surface area contributed by atoms with Gasteiger partial charge in [-0.3, -0.25) is 4.79 Å². The molecular formula is C16H21NO. The fraction of sp³-hybridized carbons (Fsp3) is 0.562. The van der Waals surface area contributed by atoms with Crippen LogP contribution in [0.15, 0.2) is 18.2 Å². The van der Waals surface area contributed by atoms with E-state index < -0.39 is 0 Å². The van der Waals surface area contributed by atoms with E-state index in [1.54, 1.807) is 0 Å². The van der Waals surface area contributed by atoms with Crippen LogP contribution < -0.4 is 5.32 Å². The van der Waals surface area contributed by atoms with Crippen LogP contribution in [0, 0.1) is 31.6 Å². The van der Waals surface area contributed by atoms with Crippen LogP contribution in [0.2, 0.25) is 0 Å².